The Hall–Kier alpha value is -1.67. The maximum Gasteiger partial charge on any atom is 0.314 e. The van der Waals surface area contributed by atoms with Gasteiger partial charge in [-0.1, -0.05) is 143 Å². The van der Waals surface area contributed by atoms with E-state index in [4.69, 9.17) is 14.2 Å². The molecule has 0 saturated heterocycles. The summed E-state index contributed by atoms with van der Waals surface area (Å²) in [5.74, 6) is -0.910. The Bertz CT molecular complexity index is 778. The van der Waals surface area contributed by atoms with Crippen LogP contribution in [0.5, 0.6) is 0 Å². The van der Waals surface area contributed by atoms with Gasteiger partial charge >= 0.3 is 17.9 Å². The highest BCUT2D eigenvalue weighted by Gasteiger charge is 2.28. The number of hydrogen-bond acceptors (Lipinski definition) is 6. The number of carbonyl (C=O) groups excluding carboxylic acids is 2. The number of hydrogen-bond donors (Lipinski definition) is 1. The van der Waals surface area contributed by atoms with E-state index in [1.54, 1.807) is 0 Å². The minimum Gasteiger partial charge on any atom is -0.481 e. The van der Waals surface area contributed by atoms with Crippen LogP contribution in [0.4, 0.5) is 0 Å². The molecule has 1 N–H and O–H groups in total. The number of rotatable bonds is 33. The second-order valence-corrected chi connectivity index (χ2v) is 15.7. The molecule has 0 aromatic heterocycles. The number of esters is 2. The zero-order valence-corrected chi connectivity index (χ0v) is 31.8. The molecule has 0 aliphatic rings. The van der Waals surface area contributed by atoms with Crippen molar-refractivity contribution in [3.05, 3.63) is 0 Å². The molecule has 0 aliphatic carbocycles. The van der Waals surface area contributed by atoms with Crippen LogP contribution < -0.4 is 0 Å². The van der Waals surface area contributed by atoms with Crippen LogP contribution in [0.3, 0.4) is 0 Å². The van der Waals surface area contributed by atoms with Crippen LogP contribution in [0, 0.1) is 17.8 Å². The molecule has 0 unspecified atom stereocenters. The highest BCUT2D eigenvalue weighted by atomic mass is 16.7. The summed E-state index contributed by atoms with van der Waals surface area (Å²) in [6.07, 6.45) is 23.1. The number of carboxylic acids is 1. The third kappa shape index (κ3) is 32.6. The van der Waals surface area contributed by atoms with E-state index < -0.39 is 24.1 Å². The number of carbonyl (C=O) groups is 3. The highest BCUT2D eigenvalue weighted by Crippen LogP contribution is 2.16. The number of nitrogens with zero attached hydrogens (tertiary/aromatic N) is 1. The van der Waals surface area contributed by atoms with Gasteiger partial charge in [-0.25, -0.2) is 0 Å². The van der Waals surface area contributed by atoms with Gasteiger partial charge in [0.05, 0.1) is 34.3 Å². The third-order valence-corrected chi connectivity index (χ3v) is 8.57. The Morgan fingerprint density at radius 3 is 1.32 bits per heavy atom. The summed E-state index contributed by atoms with van der Waals surface area (Å²) in [6, 6.07) is 0. The lowest BCUT2D eigenvalue weighted by Gasteiger charge is -2.28. The van der Waals surface area contributed by atoms with Crippen molar-refractivity contribution in [2.24, 2.45) is 17.8 Å². The van der Waals surface area contributed by atoms with Gasteiger partial charge in [-0.2, -0.15) is 0 Å². The number of quaternary nitrogens is 1. The van der Waals surface area contributed by atoms with Gasteiger partial charge in [-0.05, 0) is 24.7 Å². The second-order valence-electron chi connectivity index (χ2n) is 15.7. The Morgan fingerprint density at radius 1 is 0.553 bits per heavy atom. The molecular formula is C39H76NO7+. The highest BCUT2D eigenvalue weighted by molar-refractivity contribution is 5.71. The molecule has 0 aromatic carbocycles. The largest absolute Gasteiger partial charge is 0.481 e. The molecule has 0 amide bonds. The van der Waals surface area contributed by atoms with Gasteiger partial charge in [0.1, 0.15) is 5.92 Å². The maximum absolute atomic E-state index is 12.6. The zero-order chi connectivity index (χ0) is 35.3. The summed E-state index contributed by atoms with van der Waals surface area (Å²) in [6.45, 7) is 9.12. The van der Waals surface area contributed by atoms with Gasteiger partial charge in [-0.3, -0.25) is 14.4 Å². The van der Waals surface area contributed by atoms with Crippen molar-refractivity contribution in [3.8, 4) is 0 Å². The molecule has 0 aromatic rings. The summed E-state index contributed by atoms with van der Waals surface area (Å²) >= 11 is 0. The van der Waals surface area contributed by atoms with E-state index in [1.807, 2.05) is 21.1 Å². The van der Waals surface area contributed by atoms with E-state index in [9.17, 15) is 19.5 Å². The van der Waals surface area contributed by atoms with Crippen LogP contribution >= 0.6 is 0 Å². The van der Waals surface area contributed by atoms with Crippen LogP contribution in [-0.4, -0.2) is 74.7 Å². The molecule has 2 atom stereocenters. The van der Waals surface area contributed by atoms with Gasteiger partial charge < -0.3 is 23.8 Å². The lowest BCUT2D eigenvalue weighted by atomic mass is 10.0. The molecule has 0 fully saturated rings. The Balaban J connectivity index is 4.43. The van der Waals surface area contributed by atoms with Crippen molar-refractivity contribution < 1.29 is 38.2 Å². The summed E-state index contributed by atoms with van der Waals surface area (Å²) in [7, 11) is 5.74. The number of unbranched alkanes of at least 4 members (excludes halogenated alkanes) is 16. The zero-order valence-electron chi connectivity index (χ0n) is 31.8. The van der Waals surface area contributed by atoms with Crippen molar-refractivity contribution in [3.63, 3.8) is 0 Å². The van der Waals surface area contributed by atoms with Gasteiger partial charge in [0.25, 0.3) is 0 Å². The lowest BCUT2D eigenvalue weighted by Crippen LogP contribution is -2.44. The number of ether oxygens (including phenoxy) is 3. The first-order chi connectivity index (χ1) is 22.3. The van der Waals surface area contributed by atoms with Crippen LogP contribution in [0.15, 0.2) is 0 Å². The fourth-order valence-electron chi connectivity index (χ4n) is 5.76. The van der Waals surface area contributed by atoms with Gasteiger partial charge in [0.15, 0.2) is 6.61 Å². The Labute approximate surface area is 289 Å². The quantitative estimate of drug-likeness (QED) is 0.0321. The van der Waals surface area contributed by atoms with E-state index in [-0.39, 0.29) is 25.6 Å². The molecule has 0 rings (SSSR count). The van der Waals surface area contributed by atoms with Gasteiger partial charge in [0, 0.05) is 12.8 Å². The molecule has 8 nitrogen and oxygen atoms in total. The minimum atomic E-state index is -1.11. The van der Waals surface area contributed by atoms with E-state index in [0.717, 1.165) is 50.4 Å². The van der Waals surface area contributed by atoms with Crippen molar-refractivity contribution in [2.75, 3.05) is 40.9 Å². The third-order valence-electron chi connectivity index (χ3n) is 8.57. The Morgan fingerprint density at radius 2 is 0.936 bits per heavy atom. The summed E-state index contributed by atoms with van der Waals surface area (Å²) in [5, 5.41) is 9.69. The van der Waals surface area contributed by atoms with E-state index in [0.29, 0.717) is 17.4 Å². The maximum atomic E-state index is 12.6. The first-order valence-electron chi connectivity index (χ1n) is 19.3. The topological polar surface area (TPSA) is 99.1 Å². The van der Waals surface area contributed by atoms with Crippen molar-refractivity contribution in [1.29, 1.82) is 0 Å². The van der Waals surface area contributed by atoms with Crippen LogP contribution in [-0.2, 0) is 28.6 Å². The molecule has 47 heavy (non-hydrogen) atoms. The van der Waals surface area contributed by atoms with Crippen molar-refractivity contribution in [2.45, 2.75) is 175 Å². The van der Waals surface area contributed by atoms with E-state index in [2.05, 4.69) is 27.7 Å². The van der Waals surface area contributed by atoms with Crippen molar-refractivity contribution >= 4 is 17.9 Å². The number of carboxylic acid groups (broad SMARTS) is 1. The average Bonchev–Trinajstić information content (AvgIpc) is 2.98. The van der Waals surface area contributed by atoms with Gasteiger partial charge in [-0.15, -0.1) is 0 Å². The smallest absolute Gasteiger partial charge is 0.314 e. The molecule has 8 heteroatoms. The molecular weight excluding hydrogens is 594 g/mol. The molecule has 0 spiro atoms. The normalized spacial score (nSPS) is 13.2. The molecule has 0 heterocycles. The number of aliphatic carboxylic acids is 1. The molecule has 278 valence electrons. The van der Waals surface area contributed by atoms with Crippen LogP contribution in [0.1, 0.15) is 169 Å². The predicted octanol–water partition coefficient (Wildman–Crippen LogP) is 9.72. The molecule has 0 saturated carbocycles. The first kappa shape index (κ1) is 45.3. The van der Waals surface area contributed by atoms with E-state index in [1.165, 1.54) is 89.9 Å². The van der Waals surface area contributed by atoms with E-state index >= 15 is 0 Å². The predicted molar refractivity (Wildman–Crippen MR) is 192 cm³/mol. The average molecular weight is 671 g/mol. The SMILES string of the molecule is CC(C)CCCCCCCCCCCC(=O)OC[C@H](OC[C@H](C[N+](C)(C)C)C(=O)O)OC(=O)CCCCCCCCCCCC(C)C. The molecule has 0 aliphatic heterocycles. The minimum absolute atomic E-state index is 0.129. The fraction of sp³-hybridized carbons (Fsp3) is 0.923. The summed E-state index contributed by atoms with van der Waals surface area (Å²) in [4.78, 5) is 36.9. The van der Waals surface area contributed by atoms with Crippen LogP contribution in [0.2, 0.25) is 0 Å². The summed E-state index contributed by atoms with van der Waals surface area (Å²) in [5.41, 5.74) is 0. The van der Waals surface area contributed by atoms with Crippen molar-refractivity contribution in [1.82, 2.24) is 0 Å². The lowest BCUT2D eigenvalue weighted by molar-refractivity contribution is -0.873. The fourth-order valence-corrected chi connectivity index (χ4v) is 5.76. The Kier molecular flexibility index (Phi) is 28.2. The molecule has 0 bridgehead atoms. The molecule has 0 radical (unpaired) electrons. The summed E-state index contributed by atoms with van der Waals surface area (Å²) < 4.78 is 17.2. The first-order valence-corrected chi connectivity index (χ1v) is 19.3. The van der Waals surface area contributed by atoms with Crippen LogP contribution in [0.25, 0.3) is 0 Å². The van der Waals surface area contributed by atoms with Gasteiger partial charge in [0.2, 0.25) is 6.29 Å². The second kappa shape index (κ2) is 29.3. The standard InChI is InChI=1S/C39H75NO7/c1-33(2)26-22-18-14-10-8-12-16-20-24-28-36(41)45-32-38(46-31-35(39(43)44)30-40(5,6)7)47-37(42)29-25-21-17-13-9-11-15-19-23-27-34(3)4/h33-35,38H,8-32H2,1-7H3/p+1/t35-,38+/m0/s1. The monoisotopic (exact) mass is 671 g/mol.